The monoisotopic (exact) mass is 565 g/mol. The van der Waals surface area contributed by atoms with Crippen molar-refractivity contribution in [3.63, 3.8) is 0 Å². The topological polar surface area (TPSA) is 117 Å². The van der Waals surface area contributed by atoms with Crippen molar-refractivity contribution < 1.29 is 9.26 Å². The van der Waals surface area contributed by atoms with Gasteiger partial charge in [0.15, 0.2) is 17.3 Å². The summed E-state index contributed by atoms with van der Waals surface area (Å²) in [5.41, 5.74) is 11.0. The zero-order chi connectivity index (χ0) is 28.6. The van der Waals surface area contributed by atoms with Crippen molar-refractivity contribution >= 4 is 11.5 Å². The molecule has 3 aromatic rings. The lowest BCUT2D eigenvalue weighted by Gasteiger charge is -2.53. The van der Waals surface area contributed by atoms with Crippen LogP contribution in [0.1, 0.15) is 92.7 Å². The molecular weight excluding hydrogens is 526 g/mol. The second-order valence-electron chi connectivity index (χ2n) is 13.2. The van der Waals surface area contributed by atoms with Crippen molar-refractivity contribution in [1.82, 2.24) is 20.0 Å². The van der Waals surface area contributed by atoms with Crippen LogP contribution in [0.25, 0.3) is 11.5 Å². The molecule has 2 aromatic heterocycles. The summed E-state index contributed by atoms with van der Waals surface area (Å²) in [7, 11) is 2.18. The van der Waals surface area contributed by atoms with Crippen LogP contribution in [0.5, 0.6) is 5.88 Å². The van der Waals surface area contributed by atoms with Crippen LogP contribution in [0.2, 0.25) is 0 Å². The number of nitriles is 1. The molecule has 5 aliphatic rings. The van der Waals surface area contributed by atoms with E-state index in [9.17, 15) is 5.26 Å². The van der Waals surface area contributed by atoms with Gasteiger partial charge in [-0.05, 0) is 108 Å². The van der Waals surface area contributed by atoms with Gasteiger partial charge in [0, 0.05) is 35.4 Å². The highest BCUT2D eigenvalue weighted by Gasteiger charge is 2.49. The first kappa shape index (κ1) is 26.0. The minimum atomic E-state index is -0.387. The molecule has 3 fully saturated rings. The Morgan fingerprint density at radius 3 is 2.74 bits per heavy atom. The predicted octanol–water partition coefficient (Wildman–Crippen LogP) is 5.15. The molecule has 5 unspecified atom stereocenters. The van der Waals surface area contributed by atoms with E-state index in [-0.39, 0.29) is 11.5 Å². The van der Waals surface area contributed by atoms with Crippen LogP contribution in [0, 0.1) is 11.3 Å². The van der Waals surface area contributed by atoms with Crippen molar-refractivity contribution in [1.29, 1.82) is 5.26 Å². The standard InChI is InChI=1S/C33H39N7O2/c1-19(26-9-5-15-39(26)2)41-28-17-27(40-21-6-3-7-22(40)16-21)36-32(37-28)30-23-8-4-13-33(31(23)42-38-30)14-12-20-10-11-25(35)24(18-34)29(20)33/h10-11,17,19,21-22,26H,3-9,12-16,35H2,1-2H3. The zero-order valence-electron chi connectivity index (χ0n) is 24.6. The molecule has 9 heteroatoms. The number of nitrogens with two attached hydrogens (primary N) is 1. The van der Waals surface area contributed by atoms with Gasteiger partial charge in [-0.15, -0.1) is 0 Å². The number of anilines is 2. The largest absolute Gasteiger partial charge is 0.473 e. The summed E-state index contributed by atoms with van der Waals surface area (Å²) >= 11 is 0. The molecule has 2 aliphatic carbocycles. The summed E-state index contributed by atoms with van der Waals surface area (Å²) in [6.45, 7) is 3.26. The minimum absolute atomic E-state index is 0.0170. The number of hydrogen-bond acceptors (Lipinski definition) is 9. The summed E-state index contributed by atoms with van der Waals surface area (Å²) < 4.78 is 12.9. The summed E-state index contributed by atoms with van der Waals surface area (Å²) in [5, 5.41) is 14.8. The molecule has 2 N–H and O–H groups in total. The summed E-state index contributed by atoms with van der Waals surface area (Å²) in [6.07, 6.45) is 11.8. The fourth-order valence-corrected chi connectivity index (χ4v) is 8.95. The number of ether oxygens (including phenoxy) is 1. The Balaban J connectivity index is 1.21. The molecule has 3 aliphatic heterocycles. The molecule has 8 rings (SSSR count). The lowest BCUT2D eigenvalue weighted by atomic mass is 9.68. The highest BCUT2D eigenvalue weighted by molar-refractivity contribution is 5.68. The van der Waals surface area contributed by atoms with Crippen molar-refractivity contribution in [2.24, 2.45) is 0 Å². The van der Waals surface area contributed by atoms with Gasteiger partial charge in [-0.2, -0.15) is 10.2 Å². The summed E-state index contributed by atoms with van der Waals surface area (Å²) in [5.74, 6) is 2.99. The maximum absolute atomic E-state index is 10.1. The molecule has 1 aromatic carbocycles. The number of likely N-dealkylation sites (tertiary alicyclic amines) is 1. The molecular formula is C33H39N7O2. The van der Waals surface area contributed by atoms with Gasteiger partial charge in [0.1, 0.15) is 18.0 Å². The Labute approximate surface area is 247 Å². The van der Waals surface area contributed by atoms with Crippen molar-refractivity contribution in [2.75, 3.05) is 24.2 Å². The van der Waals surface area contributed by atoms with Gasteiger partial charge in [-0.25, -0.2) is 4.98 Å². The van der Waals surface area contributed by atoms with Gasteiger partial charge < -0.3 is 19.9 Å². The van der Waals surface area contributed by atoms with E-state index in [2.05, 4.69) is 41.1 Å². The number of fused-ring (bicyclic) bond motifs is 6. The molecule has 0 amide bonds. The molecule has 2 bridgehead atoms. The van der Waals surface area contributed by atoms with Gasteiger partial charge in [0.2, 0.25) is 5.88 Å². The van der Waals surface area contributed by atoms with Gasteiger partial charge in [0.25, 0.3) is 0 Å². The first-order valence-electron chi connectivity index (χ1n) is 15.8. The van der Waals surface area contributed by atoms with Crippen LogP contribution < -0.4 is 15.4 Å². The van der Waals surface area contributed by atoms with Gasteiger partial charge in [-0.1, -0.05) is 11.2 Å². The normalized spacial score (nSPS) is 28.7. The predicted molar refractivity (Wildman–Crippen MR) is 159 cm³/mol. The maximum atomic E-state index is 10.1. The number of aromatic nitrogens is 3. The van der Waals surface area contributed by atoms with Crippen molar-refractivity contribution in [2.45, 2.75) is 107 Å². The Hall–Kier alpha value is -3.64. The first-order chi connectivity index (χ1) is 20.5. The van der Waals surface area contributed by atoms with E-state index < -0.39 is 0 Å². The van der Waals surface area contributed by atoms with E-state index in [1.165, 1.54) is 37.7 Å². The number of aryl methyl sites for hydroxylation is 1. The third-order valence-corrected chi connectivity index (χ3v) is 11.0. The Kier molecular flexibility index (Phi) is 6.01. The lowest BCUT2D eigenvalue weighted by molar-refractivity contribution is 0.117. The molecule has 0 radical (unpaired) electrons. The molecule has 42 heavy (non-hydrogen) atoms. The third kappa shape index (κ3) is 3.80. The van der Waals surface area contributed by atoms with E-state index >= 15 is 0 Å². The fraction of sp³-hybridized carbons (Fsp3) is 0.576. The first-order valence-corrected chi connectivity index (χ1v) is 15.8. The average Bonchev–Trinajstić information content (AvgIpc) is 3.72. The number of rotatable bonds is 5. The molecule has 0 saturated carbocycles. The second kappa shape index (κ2) is 9.70. The van der Waals surface area contributed by atoms with Crippen LogP contribution >= 0.6 is 0 Å². The second-order valence-corrected chi connectivity index (χ2v) is 13.2. The number of likely N-dealkylation sites (N-methyl/N-ethyl adjacent to an activating group) is 1. The van der Waals surface area contributed by atoms with E-state index in [1.54, 1.807) is 0 Å². The smallest absolute Gasteiger partial charge is 0.219 e. The third-order valence-electron chi connectivity index (χ3n) is 11.0. The molecule has 5 heterocycles. The molecule has 218 valence electrons. The SMILES string of the molecule is CC(Oc1cc(N2C3CCCC2C3)nc(-c2noc3c2CCCC32CCc3ccc(N)c(C#N)c32)n1)C1CCCN1C. The molecule has 1 spiro atoms. The van der Waals surface area contributed by atoms with Crippen molar-refractivity contribution in [3.05, 3.63) is 46.2 Å². The quantitative estimate of drug-likeness (QED) is 0.419. The van der Waals surface area contributed by atoms with E-state index in [0.29, 0.717) is 46.8 Å². The fourth-order valence-electron chi connectivity index (χ4n) is 8.95. The van der Waals surface area contributed by atoms with Gasteiger partial charge >= 0.3 is 0 Å². The molecule has 3 saturated heterocycles. The number of nitrogens with zero attached hydrogens (tertiary/aromatic N) is 6. The zero-order valence-corrected chi connectivity index (χ0v) is 24.6. The Morgan fingerprint density at radius 2 is 1.98 bits per heavy atom. The van der Waals surface area contributed by atoms with Crippen molar-refractivity contribution in [3.8, 4) is 23.5 Å². The van der Waals surface area contributed by atoms with Crippen LogP contribution in [0.4, 0.5) is 11.5 Å². The van der Waals surface area contributed by atoms with E-state index in [1.807, 2.05) is 12.1 Å². The number of hydrogen-bond donors (Lipinski definition) is 1. The highest BCUT2D eigenvalue weighted by atomic mass is 16.5. The lowest BCUT2D eigenvalue weighted by Crippen LogP contribution is -2.59. The average molecular weight is 566 g/mol. The van der Waals surface area contributed by atoms with Gasteiger partial charge in [0.05, 0.1) is 11.0 Å². The molecule has 5 atom stereocenters. The highest BCUT2D eigenvalue weighted by Crippen LogP contribution is 2.54. The Morgan fingerprint density at radius 1 is 1.12 bits per heavy atom. The minimum Gasteiger partial charge on any atom is -0.473 e. The molecule has 9 nitrogen and oxygen atoms in total. The Bertz CT molecular complexity index is 1580. The van der Waals surface area contributed by atoms with Gasteiger partial charge in [-0.3, -0.25) is 4.90 Å². The maximum Gasteiger partial charge on any atom is 0.219 e. The van der Waals surface area contributed by atoms with Crippen LogP contribution in [0.15, 0.2) is 22.7 Å². The summed E-state index contributed by atoms with van der Waals surface area (Å²) in [6, 6.07) is 9.84. The van der Waals surface area contributed by atoms with Crippen LogP contribution in [0.3, 0.4) is 0 Å². The number of piperidine rings is 1. The van der Waals surface area contributed by atoms with E-state index in [0.717, 1.165) is 67.8 Å². The van der Waals surface area contributed by atoms with E-state index in [4.69, 9.17) is 25.0 Å². The summed E-state index contributed by atoms with van der Waals surface area (Å²) in [4.78, 5) is 15.0. The number of nitrogen functional groups attached to an aromatic ring is 1. The van der Waals surface area contributed by atoms with Crippen LogP contribution in [-0.4, -0.2) is 57.8 Å². The van der Waals surface area contributed by atoms with Crippen LogP contribution in [-0.2, 0) is 18.3 Å². The number of benzene rings is 1.